The third-order valence-corrected chi connectivity index (χ3v) is 38.0. The van der Waals surface area contributed by atoms with Crippen molar-refractivity contribution in [3.8, 4) is 0 Å². The number of aryl methyl sites for hydroxylation is 1. The lowest BCUT2D eigenvalue weighted by molar-refractivity contribution is -0.256. The first kappa shape index (κ1) is 85.2. The molecule has 0 amide bonds. The molecular weight excluding hydrogens is 1380 g/mol. The molecule has 3 aromatic carbocycles. The number of sulfonamides is 1. The third-order valence-electron chi connectivity index (χ3n) is 36.0. The second kappa shape index (κ2) is 29.5. The third kappa shape index (κ3) is 13.5. The number of hydrogen-bond donors (Lipinski definition) is 1. The molecule has 2 unspecified atom stereocenters. The van der Waals surface area contributed by atoms with Crippen LogP contribution in [0, 0.1) is 148 Å². The van der Waals surface area contributed by atoms with Crippen molar-refractivity contribution in [2.45, 2.75) is 293 Å². The van der Waals surface area contributed by atoms with Crippen molar-refractivity contribution in [1.82, 2.24) is 4.31 Å². The van der Waals surface area contributed by atoms with E-state index in [0.29, 0.717) is 84.5 Å². The van der Waals surface area contributed by atoms with Gasteiger partial charge in [0.1, 0.15) is 13.2 Å². The van der Waals surface area contributed by atoms with Gasteiger partial charge < -0.3 is 28.8 Å². The molecule has 0 radical (unpaired) electrons. The summed E-state index contributed by atoms with van der Waals surface area (Å²) in [5, 5.41) is 11.4. The molecule has 612 valence electrons. The van der Waals surface area contributed by atoms with Gasteiger partial charge in [-0.05, 0) is 222 Å². The van der Waals surface area contributed by atoms with E-state index in [1.807, 2.05) is 74.5 Å². The number of aliphatic hydroxyl groups excluding tert-OH is 1. The van der Waals surface area contributed by atoms with Gasteiger partial charge in [-0.15, -0.1) is 0 Å². The minimum atomic E-state index is -3.34. The van der Waals surface area contributed by atoms with Crippen LogP contribution in [0.5, 0.6) is 0 Å². The number of rotatable bonds is 15. The van der Waals surface area contributed by atoms with Crippen molar-refractivity contribution in [1.29, 1.82) is 0 Å². The van der Waals surface area contributed by atoms with Gasteiger partial charge in [0.15, 0.2) is 0 Å². The first-order valence-electron chi connectivity index (χ1n) is 43.4. The molecule has 11 nitrogen and oxygen atoms in total. The Kier molecular flexibility index (Phi) is 22.8. The molecule has 0 spiro atoms. The fourth-order valence-electron chi connectivity index (χ4n) is 26.5. The number of esters is 2. The first-order chi connectivity index (χ1) is 51.0. The molecule has 9 fully saturated rings. The highest BCUT2D eigenvalue weighted by Crippen LogP contribution is 2.78. The highest BCUT2D eigenvalue weighted by Gasteiger charge is 2.74. The van der Waals surface area contributed by atoms with Crippen molar-refractivity contribution >= 4 is 22.0 Å². The lowest BCUT2D eigenvalue weighted by Crippen LogP contribution is -2.69. The second-order valence-corrected chi connectivity index (χ2v) is 46.1. The van der Waals surface area contributed by atoms with Crippen LogP contribution in [0.2, 0.25) is 0 Å². The van der Waals surface area contributed by atoms with Crippen molar-refractivity contribution in [2.24, 2.45) is 141 Å². The Bertz CT molecular complexity index is 4000. The van der Waals surface area contributed by atoms with Gasteiger partial charge in [-0.25, -0.2) is 8.42 Å². The van der Waals surface area contributed by atoms with Crippen LogP contribution in [0.4, 0.5) is 0 Å². The van der Waals surface area contributed by atoms with E-state index in [4.69, 9.17) is 23.7 Å². The number of ether oxygens (including phenoxy) is 5. The SMILES string of the molecule is CC(C)[C@@H](C)[C@@]1(C)CC[C@]2(C)[C@H]3CC[C@@H]4[C@@]5(COC[C@]4(C)[C@@H](O)[C@H](C)C5)C3=CC[C@@]2(C)[C@@H]1C(=O)OCc1ccccc1.CC(C)[C@@H](C)[C@@]1(C)CC[C@]2(C)[C@H]3CC[C@@H]4[C@@]5(COC[C@]4(C)[C@@H](OCC(C)(C)C(C)(C)C)[C@H](C)C5)C3=CC[C@@]2(C)[C@@H]1C(=O)OCc1ccccc1.Cc1ccc(S(=O)(=O)N2CC2(C)C(C)(C)C)cc1. The molecule has 110 heavy (non-hydrogen) atoms. The lowest BCUT2D eigenvalue weighted by atomic mass is 9.34. The van der Waals surface area contributed by atoms with Crippen LogP contribution in [0.15, 0.2) is 113 Å². The van der Waals surface area contributed by atoms with Crippen LogP contribution in [0.25, 0.3) is 0 Å². The largest absolute Gasteiger partial charge is 0.461 e. The molecule has 24 atom stereocenters. The monoisotopic (exact) mass is 1530 g/mol. The molecule has 12 heteroatoms. The molecule has 0 aromatic heterocycles. The maximum Gasteiger partial charge on any atom is 0.310 e. The zero-order valence-electron chi connectivity index (χ0n) is 73.4. The first-order valence-corrected chi connectivity index (χ1v) is 44.8. The topological polar surface area (TPSA) is 138 Å². The zero-order chi connectivity index (χ0) is 80.8. The molecule has 6 saturated carbocycles. The normalized spacial score (nSPS) is 41.7. The quantitative estimate of drug-likeness (QED) is 0.0889. The molecule has 3 aliphatic heterocycles. The summed E-state index contributed by atoms with van der Waals surface area (Å²) < 4.78 is 59.5. The Morgan fingerprint density at radius 1 is 0.555 bits per heavy atom. The predicted octanol–water partition coefficient (Wildman–Crippen LogP) is 22.4. The summed E-state index contributed by atoms with van der Waals surface area (Å²) in [6.07, 6.45) is 18.2. The fourth-order valence-corrected chi connectivity index (χ4v) is 28.5. The molecule has 3 aromatic rings. The Labute approximate surface area is 668 Å². The van der Waals surface area contributed by atoms with Crippen LogP contribution >= 0.6 is 0 Å². The summed E-state index contributed by atoms with van der Waals surface area (Å²) >= 11 is 0. The fraction of sp³-hybridized carbons (Fsp3) is 0.755. The molecule has 11 aliphatic rings. The molecule has 3 saturated heterocycles. The van der Waals surface area contributed by atoms with E-state index in [1.165, 1.54) is 12.8 Å². The van der Waals surface area contributed by atoms with Crippen LogP contribution in [-0.4, -0.2) is 87.1 Å². The Balaban J connectivity index is 0.000000169. The van der Waals surface area contributed by atoms with E-state index in [1.54, 1.807) is 27.6 Å². The summed E-state index contributed by atoms with van der Waals surface area (Å²) in [4.78, 5) is 29.6. The number of nitrogens with zero attached hydrogens (tertiary/aromatic N) is 1. The zero-order valence-corrected chi connectivity index (χ0v) is 74.3. The predicted molar refractivity (Wildman–Crippen MR) is 445 cm³/mol. The van der Waals surface area contributed by atoms with Crippen molar-refractivity contribution in [3.63, 3.8) is 0 Å². The maximum absolute atomic E-state index is 14.7. The van der Waals surface area contributed by atoms with Crippen LogP contribution in [0.1, 0.15) is 267 Å². The van der Waals surface area contributed by atoms with Gasteiger partial charge in [0.2, 0.25) is 10.0 Å². The number of allylic oxidation sites excluding steroid dienone is 2. The van der Waals surface area contributed by atoms with Gasteiger partial charge >= 0.3 is 11.9 Å². The molecular formula is C98H149NO10S. The van der Waals surface area contributed by atoms with E-state index < -0.39 is 10.0 Å². The van der Waals surface area contributed by atoms with Gasteiger partial charge in [0.25, 0.3) is 0 Å². The molecule has 4 bridgehead atoms. The Morgan fingerprint density at radius 3 is 1.38 bits per heavy atom. The van der Waals surface area contributed by atoms with Crippen LogP contribution < -0.4 is 0 Å². The van der Waals surface area contributed by atoms with Gasteiger partial charge in [-0.1, -0.05) is 268 Å². The van der Waals surface area contributed by atoms with E-state index in [0.717, 1.165) is 107 Å². The summed E-state index contributed by atoms with van der Waals surface area (Å²) in [6.45, 7) is 65.5. The highest BCUT2D eigenvalue weighted by atomic mass is 32.2. The summed E-state index contributed by atoms with van der Waals surface area (Å²) in [5.74, 6) is 4.09. The maximum atomic E-state index is 14.7. The van der Waals surface area contributed by atoms with Gasteiger partial charge in [-0.2, -0.15) is 4.31 Å². The molecule has 8 aliphatic carbocycles. The summed E-state index contributed by atoms with van der Waals surface area (Å²) in [6, 6.07) is 27.4. The Morgan fingerprint density at radius 2 is 0.973 bits per heavy atom. The van der Waals surface area contributed by atoms with Gasteiger partial charge in [-0.3, -0.25) is 9.59 Å². The number of carbonyl (C=O) groups is 2. The second-order valence-electron chi connectivity index (χ2n) is 44.2. The molecule has 1 N–H and O–H groups in total. The minimum absolute atomic E-state index is 0.00338. The number of carbonyl (C=O) groups excluding carboxylic acids is 2. The highest BCUT2D eigenvalue weighted by molar-refractivity contribution is 7.89. The summed E-state index contributed by atoms with van der Waals surface area (Å²) in [5.41, 5.74) is 5.59. The van der Waals surface area contributed by atoms with Crippen molar-refractivity contribution in [2.75, 3.05) is 39.6 Å². The lowest BCUT2D eigenvalue weighted by Gasteiger charge is -2.71. The van der Waals surface area contributed by atoms with E-state index in [9.17, 15) is 23.1 Å². The van der Waals surface area contributed by atoms with Crippen LogP contribution in [-0.2, 0) is 56.5 Å². The number of benzene rings is 3. The number of hydrogen-bond acceptors (Lipinski definition) is 10. The van der Waals surface area contributed by atoms with Crippen LogP contribution in [0.3, 0.4) is 0 Å². The minimum Gasteiger partial charge on any atom is -0.461 e. The molecule has 14 rings (SSSR count). The van der Waals surface area contributed by atoms with E-state index >= 15 is 0 Å². The van der Waals surface area contributed by atoms with Gasteiger partial charge in [0.05, 0.1) is 67.5 Å². The smallest absolute Gasteiger partial charge is 0.310 e. The van der Waals surface area contributed by atoms with E-state index in [2.05, 4.69) is 190 Å². The van der Waals surface area contributed by atoms with E-state index in [-0.39, 0.29) is 118 Å². The van der Waals surface area contributed by atoms with Gasteiger partial charge in [0, 0.05) is 28.2 Å². The number of aliphatic hydroxyl groups is 1. The van der Waals surface area contributed by atoms with Crippen molar-refractivity contribution in [3.05, 3.63) is 125 Å². The standard InChI is InChI=1S/C46H72O4.C38H56O4.C14H21NO2S/c1-30(2)32(4)42(10)23-24-44(12)34-19-20-36-43(11)28-48-29-46(36,25-31(3)38(43)50-27-41(8,9)40(5,6)7)35(34)21-22-45(44,13)37(42)39(47)49-26-33-17-15-14-16-18-33;1-24(2)26(4)34(5)18-19-36(7)28-14-15-30-35(6)22-41-23-38(30,20-25(3)32(35)39)29(28)16-17-37(36,8)31(34)33(40)42-21-27-12-10-9-11-13-27;1-11-6-8-12(9-7-11)18(16,17)15-10-14(15,5)13(2,3)4/h14-18,21,30-32,34,36-38H,19-20,22-29H2,1-13H3;9-13,16,24-26,28,30-32,39H,14-15,17-23H2,1-8H3;6-9H,10H2,1-5H3/t31-,32-,34+,36+,37-,38+,42-,43+,44-,45+,46+;25-,26-,28+,30+,31-,32+,34-,35+,36-,37+,38+;/m11./s1. The average molecular weight is 1530 g/mol. The number of fused-ring (bicyclic) bond motifs is 6. The summed E-state index contributed by atoms with van der Waals surface area (Å²) in [7, 11) is -3.34. The average Bonchev–Trinajstić information content (AvgIpc) is 1.02. The molecule has 3 heterocycles. The Hall–Kier alpha value is -4.17. The van der Waals surface area contributed by atoms with Crippen molar-refractivity contribution < 1.29 is 46.8 Å².